The van der Waals surface area contributed by atoms with Crippen molar-refractivity contribution in [3.8, 4) is 28.7 Å². The number of benzene rings is 2. The Balaban J connectivity index is 1.99. The molecule has 0 spiro atoms. The Morgan fingerprint density at radius 2 is 1.66 bits per heavy atom. The molecule has 1 heterocycles. The molecule has 0 radical (unpaired) electrons. The second-order valence-electron chi connectivity index (χ2n) is 7.10. The number of carbonyl (C=O) groups excluding carboxylic acids is 1. The van der Waals surface area contributed by atoms with Gasteiger partial charge in [-0.2, -0.15) is 0 Å². The van der Waals surface area contributed by atoms with Crippen molar-refractivity contribution in [3.63, 3.8) is 0 Å². The van der Waals surface area contributed by atoms with Crippen LogP contribution in [0.4, 0.5) is 0 Å². The van der Waals surface area contributed by atoms with Gasteiger partial charge in [0.25, 0.3) is 5.91 Å². The highest BCUT2D eigenvalue weighted by atomic mass is 16.5. The zero-order valence-electron chi connectivity index (χ0n) is 18.7. The first kappa shape index (κ1) is 23.0. The summed E-state index contributed by atoms with van der Waals surface area (Å²) in [6.45, 7) is 0.938. The molecule has 0 aliphatic rings. The summed E-state index contributed by atoms with van der Waals surface area (Å²) in [5.74, 6) is 1.50. The number of furan rings is 1. The van der Waals surface area contributed by atoms with Crippen molar-refractivity contribution in [2.75, 3.05) is 34.9 Å². The lowest BCUT2D eigenvalue weighted by molar-refractivity contribution is 0.0780. The number of hydrogen-bond donors (Lipinski definition) is 1. The summed E-state index contributed by atoms with van der Waals surface area (Å²) in [6.07, 6.45) is 3.94. The number of nitrogens with two attached hydrogens (primary N) is 1. The largest absolute Gasteiger partial charge is 0.492 e. The van der Waals surface area contributed by atoms with Crippen molar-refractivity contribution in [2.24, 2.45) is 5.73 Å². The van der Waals surface area contributed by atoms with Crippen molar-refractivity contribution in [2.45, 2.75) is 13.0 Å². The van der Waals surface area contributed by atoms with Crippen LogP contribution in [0.1, 0.15) is 21.5 Å². The van der Waals surface area contributed by atoms with Crippen LogP contribution in [0.25, 0.3) is 0 Å². The van der Waals surface area contributed by atoms with E-state index in [1.54, 1.807) is 36.6 Å². The minimum absolute atomic E-state index is 0.263. The van der Waals surface area contributed by atoms with E-state index in [0.717, 1.165) is 17.5 Å². The van der Waals surface area contributed by atoms with Gasteiger partial charge < -0.3 is 34.0 Å². The average molecular weight is 440 g/mol. The molecule has 2 aromatic carbocycles. The zero-order valence-corrected chi connectivity index (χ0v) is 18.7. The molecule has 0 fully saturated rings. The number of methoxy groups -OCH3 is 3. The minimum atomic E-state index is -0.271. The van der Waals surface area contributed by atoms with E-state index in [2.05, 4.69) is 0 Å². The Hall–Kier alpha value is -3.65. The summed E-state index contributed by atoms with van der Waals surface area (Å²) in [5, 5.41) is 0. The van der Waals surface area contributed by atoms with Crippen molar-refractivity contribution in [1.29, 1.82) is 0 Å². The van der Waals surface area contributed by atoms with E-state index in [1.165, 1.54) is 21.3 Å². The first-order chi connectivity index (χ1) is 15.5. The van der Waals surface area contributed by atoms with Crippen molar-refractivity contribution in [1.82, 2.24) is 4.90 Å². The summed E-state index contributed by atoms with van der Waals surface area (Å²) in [6, 6.07) is 11.0. The molecule has 3 aromatic rings. The third-order valence-electron chi connectivity index (χ3n) is 4.93. The van der Waals surface area contributed by atoms with Gasteiger partial charge in [0.2, 0.25) is 11.5 Å². The van der Waals surface area contributed by atoms with Gasteiger partial charge in [0.15, 0.2) is 11.5 Å². The molecule has 170 valence electrons. The van der Waals surface area contributed by atoms with Gasteiger partial charge in [-0.05, 0) is 36.7 Å². The maximum Gasteiger partial charge on any atom is 0.257 e. The number of amides is 1. The van der Waals surface area contributed by atoms with Gasteiger partial charge in [-0.3, -0.25) is 4.79 Å². The number of nitrogens with zero attached hydrogens (tertiary/aromatic N) is 1. The molecule has 0 aliphatic carbocycles. The molecular formula is C24H28N2O6. The number of hydrogen-bond acceptors (Lipinski definition) is 7. The Kier molecular flexibility index (Phi) is 7.62. The molecule has 8 nitrogen and oxygen atoms in total. The molecule has 0 unspecified atom stereocenters. The predicted molar refractivity (Wildman–Crippen MR) is 120 cm³/mol. The van der Waals surface area contributed by atoms with Crippen LogP contribution in [-0.4, -0.2) is 45.7 Å². The first-order valence-corrected chi connectivity index (χ1v) is 10.1. The van der Waals surface area contributed by atoms with Gasteiger partial charge in [0.1, 0.15) is 5.75 Å². The Morgan fingerprint density at radius 3 is 2.22 bits per heavy atom. The number of carbonyl (C=O) groups is 1. The molecular weight excluding hydrogens is 412 g/mol. The summed E-state index contributed by atoms with van der Waals surface area (Å²) in [7, 11) is 6.15. The van der Waals surface area contributed by atoms with Crippen LogP contribution in [-0.2, 0) is 13.0 Å². The summed E-state index contributed by atoms with van der Waals surface area (Å²) in [5.41, 5.74) is 7.88. The summed E-state index contributed by atoms with van der Waals surface area (Å²) >= 11 is 0. The summed E-state index contributed by atoms with van der Waals surface area (Å²) in [4.78, 5) is 14.8. The molecule has 0 saturated heterocycles. The Morgan fingerprint density at radius 1 is 0.969 bits per heavy atom. The van der Waals surface area contributed by atoms with Crippen LogP contribution in [0.5, 0.6) is 28.7 Å². The van der Waals surface area contributed by atoms with Gasteiger partial charge in [-0.15, -0.1) is 0 Å². The second kappa shape index (κ2) is 10.6. The van der Waals surface area contributed by atoms with Crippen LogP contribution in [0.3, 0.4) is 0 Å². The van der Waals surface area contributed by atoms with Crippen molar-refractivity contribution in [3.05, 3.63) is 65.6 Å². The molecule has 0 saturated carbocycles. The highest BCUT2D eigenvalue weighted by Gasteiger charge is 2.27. The first-order valence-electron chi connectivity index (χ1n) is 10.1. The third-order valence-corrected chi connectivity index (χ3v) is 4.93. The van der Waals surface area contributed by atoms with E-state index >= 15 is 0 Å². The molecule has 0 aliphatic heterocycles. The quantitative estimate of drug-likeness (QED) is 0.511. The second-order valence-corrected chi connectivity index (χ2v) is 7.10. The lowest BCUT2D eigenvalue weighted by Crippen LogP contribution is -2.26. The molecule has 0 bridgehead atoms. The molecule has 8 heteroatoms. The topological polar surface area (TPSA) is 96.4 Å². The highest BCUT2D eigenvalue weighted by Crippen LogP contribution is 2.48. The van der Waals surface area contributed by atoms with E-state index in [1.807, 2.05) is 24.3 Å². The maximum atomic E-state index is 13.3. The zero-order chi connectivity index (χ0) is 23.1. The monoisotopic (exact) mass is 440 g/mol. The summed E-state index contributed by atoms with van der Waals surface area (Å²) < 4.78 is 27.8. The van der Waals surface area contributed by atoms with Crippen molar-refractivity contribution < 1.29 is 28.2 Å². The number of rotatable bonds is 10. The van der Waals surface area contributed by atoms with Gasteiger partial charge in [-0.1, -0.05) is 12.1 Å². The van der Waals surface area contributed by atoms with E-state index < -0.39 is 0 Å². The molecule has 1 aromatic heterocycles. The fourth-order valence-electron chi connectivity index (χ4n) is 3.37. The van der Waals surface area contributed by atoms with E-state index in [9.17, 15) is 4.79 Å². The number of ether oxygens (including phenoxy) is 4. The van der Waals surface area contributed by atoms with E-state index in [4.69, 9.17) is 29.1 Å². The van der Waals surface area contributed by atoms with Crippen LogP contribution in [0.2, 0.25) is 0 Å². The lowest BCUT2D eigenvalue weighted by Gasteiger charge is -2.22. The molecule has 0 atom stereocenters. The molecule has 2 N–H and O–H groups in total. The van der Waals surface area contributed by atoms with E-state index in [-0.39, 0.29) is 23.0 Å². The van der Waals surface area contributed by atoms with Gasteiger partial charge in [0.05, 0.1) is 39.4 Å². The van der Waals surface area contributed by atoms with Crippen LogP contribution in [0, 0.1) is 0 Å². The molecule has 3 rings (SSSR count). The van der Waals surface area contributed by atoms with Gasteiger partial charge in [-0.25, -0.2) is 0 Å². The highest BCUT2D eigenvalue weighted by molar-refractivity contribution is 5.99. The van der Waals surface area contributed by atoms with Crippen molar-refractivity contribution >= 4 is 5.91 Å². The van der Waals surface area contributed by atoms with Crippen LogP contribution in [0.15, 0.2) is 53.3 Å². The SMILES string of the molecule is COc1c(Oc2ccc(CCN)cc2)cc(C(=O)N(C)Cc2ccoc2)c(OC)c1OC. The smallest absolute Gasteiger partial charge is 0.257 e. The van der Waals surface area contributed by atoms with Gasteiger partial charge in [0, 0.05) is 25.2 Å². The molecule has 1 amide bonds. The maximum absolute atomic E-state index is 13.3. The van der Waals surface area contributed by atoms with Gasteiger partial charge >= 0.3 is 0 Å². The van der Waals surface area contributed by atoms with Crippen LogP contribution < -0.4 is 24.7 Å². The third kappa shape index (κ3) is 4.97. The van der Waals surface area contributed by atoms with Crippen LogP contribution >= 0.6 is 0 Å². The molecule has 32 heavy (non-hydrogen) atoms. The van der Waals surface area contributed by atoms with E-state index in [0.29, 0.717) is 30.3 Å². The fraction of sp³-hybridized carbons (Fsp3) is 0.292. The predicted octanol–water partition coefficient (Wildman–Crippen LogP) is 3.87. The Bertz CT molecular complexity index is 1030. The fourth-order valence-corrected chi connectivity index (χ4v) is 3.37. The normalized spacial score (nSPS) is 10.5. The Labute approximate surface area is 187 Å². The minimum Gasteiger partial charge on any atom is -0.492 e. The average Bonchev–Trinajstić information content (AvgIpc) is 3.32. The standard InChI is InChI=1S/C24H28N2O6/c1-26(14-17-10-12-31-15-17)24(27)19-13-20(22(29-3)23(30-4)21(19)28-2)32-18-7-5-16(6-8-18)9-11-25/h5-8,10,12-13,15H,9,11,14,25H2,1-4H3. The lowest BCUT2D eigenvalue weighted by atomic mass is 10.1.